The fraction of sp³-hybridized carbons (Fsp3) is 0.556. The van der Waals surface area contributed by atoms with E-state index in [0.29, 0.717) is 32.2 Å². The van der Waals surface area contributed by atoms with E-state index in [1.165, 1.54) is 12.1 Å². The van der Waals surface area contributed by atoms with Gasteiger partial charge in [-0.2, -0.15) is 0 Å². The van der Waals surface area contributed by atoms with Gasteiger partial charge < -0.3 is 15.7 Å². The predicted octanol–water partition coefficient (Wildman–Crippen LogP) is 2.80. The lowest BCUT2D eigenvalue weighted by molar-refractivity contribution is -0.142. The first-order valence-electron chi connectivity index (χ1n) is 8.52. The van der Waals surface area contributed by atoms with E-state index in [-0.39, 0.29) is 29.2 Å². The van der Waals surface area contributed by atoms with Gasteiger partial charge in [-0.15, -0.1) is 0 Å². The fourth-order valence-electron chi connectivity index (χ4n) is 3.49. The Bertz CT molecular complexity index is 605. The number of hydrogen-bond donors (Lipinski definition) is 3. The van der Waals surface area contributed by atoms with E-state index in [9.17, 15) is 14.0 Å². The van der Waals surface area contributed by atoms with Crippen molar-refractivity contribution in [3.05, 3.63) is 35.6 Å². The van der Waals surface area contributed by atoms with Gasteiger partial charge in [-0.1, -0.05) is 12.1 Å². The molecule has 2 saturated carbocycles. The van der Waals surface area contributed by atoms with Gasteiger partial charge in [0.05, 0.1) is 5.92 Å². The van der Waals surface area contributed by atoms with Gasteiger partial charge in [-0.05, 0) is 56.2 Å². The molecule has 0 saturated heterocycles. The summed E-state index contributed by atoms with van der Waals surface area (Å²) in [6.07, 6.45) is 4.60. The first-order chi connectivity index (χ1) is 11.5. The van der Waals surface area contributed by atoms with Crippen molar-refractivity contribution in [2.45, 2.75) is 50.0 Å². The number of carboxylic acids is 1. The second-order valence-electron chi connectivity index (χ2n) is 7.00. The average Bonchev–Trinajstić information content (AvgIpc) is 3.35. The third-order valence-electron chi connectivity index (χ3n) is 5.31. The summed E-state index contributed by atoms with van der Waals surface area (Å²) < 4.78 is 13.0. The monoisotopic (exact) mass is 334 g/mol. The molecule has 2 amide bonds. The molecule has 0 bridgehead atoms. The molecule has 0 spiro atoms. The highest BCUT2D eigenvalue weighted by molar-refractivity contribution is 5.74. The summed E-state index contributed by atoms with van der Waals surface area (Å²) in [6, 6.07) is 6.32. The minimum Gasteiger partial charge on any atom is -0.481 e. The molecule has 0 heterocycles. The second-order valence-corrected chi connectivity index (χ2v) is 7.00. The standard InChI is InChI=1S/C18H23FN2O3/c19-14-5-3-13(4-6-14)18(9-10-18)11-20-17(24)21-15-7-1-12(2-8-15)16(22)23/h3-6,12,15H,1-2,7-11H2,(H,22,23)(H2,20,21,24). The Morgan fingerprint density at radius 1 is 1.12 bits per heavy atom. The Balaban J connectivity index is 1.45. The van der Waals surface area contributed by atoms with Gasteiger partial charge in [0.2, 0.25) is 0 Å². The van der Waals surface area contributed by atoms with Crippen LogP contribution in [0.25, 0.3) is 0 Å². The van der Waals surface area contributed by atoms with E-state index in [2.05, 4.69) is 10.6 Å². The summed E-state index contributed by atoms with van der Waals surface area (Å²) in [7, 11) is 0. The van der Waals surface area contributed by atoms with Crippen LogP contribution in [0, 0.1) is 11.7 Å². The van der Waals surface area contributed by atoms with E-state index < -0.39 is 5.97 Å². The van der Waals surface area contributed by atoms with Gasteiger partial charge >= 0.3 is 12.0 Å². The summed E-state index contributed by atoms with van der Waals surface area (Å²) in [5, 5.41) is 14.8. The molecule has 0 aliphatic heterocycles. The van der Waals surface area contributed by atoms with Crippen LogP contribution < -0.4 is 10.6 Å². The van der Waals surface area contributed by atoms with E-state index in [1.54, 1.807) is 12.1 Å². The van der Waals surface area contributed by atoms with Gasteiger partial charge in [-0.25, -0.2) is 9.18 Å². The van der Waals surface area contributed by atoms with Crippen molar-refractivity contribution in [2.75, 3.05) is 6.54 Å². The van der Waals surface area contributed by atoms with Crippen LogP contribution >= 0.6 is 0 Å². The van der Waals surface area contributed by atoms with Crippen molar-refractivity contribution >= 4 is 12.0 Å². The lowest BCUT2D eigenvalue weighted by Crippen LogP contribution is -2.46. The number of nitrogens with one attached hydrogen (secondary N) is 2. The van der Waals surface area contributed by atoms with Gasteiger partial charge in [0, 0.05) is 18.0 Å². The van der Waals surface area contributed by atoms with Crippen LogP contribution in [0.1, 0.15) is 44.1 Å². The summed E-state index contributed by atoms with van der Waals surface area (Å²) in [6.45, 7) is 0.537. The normalized spacial score (nSPS) is 24.9. The molecule has 2 fully saturated rings. The van der Waals surface area contributed by atoms with Gasteiger partial charge in [0.1, 0.15) is 5.82 Å². The number of amides is 2. The number of rotatable bonds is 5. The van der Waals surface area contributed by atoms with Crippen LogP contribution in [0.5, 0.6) is 0 Å². The number of carbonyl (C=O) groups is 2. The molecule has 2 aliphatic rings. The quantitative estimate of drug-likeness (QED) is 0.775. The highest BCUT2D eigenvalue weighted by Crippen LogP contribution is 2.47. The largest absolute Gasteiger partial charge is 0.481 e. The molecule has 130 valence electrons. The Labute approximate surface area is 140 Å². The molecule has 0 aromatic heterocycles. The highest BCUT2D eigenvalue weighted by Gasteiger charge is 2.44. The zero-order chi connectivity index (χ0) is 17.2. The fourth-order valence-corrected chi connectivity index (χ4v) is 3.49. The summed E-state index contributed by atoms with van der Waals surface area (Å²) in [5.74, 6) is -1.27. The molecule has 0 radical (unpaired) electrons. The van der Waals surface area contributed by atoms with Gasteiger partial charge in [0.15, 0.2) is 0 Å². The molecule has 6 heteroatoms. The summed E-state index contributed by atoms with van der Waals surface area (Å²) in [5.41, 5.74) is 0.998. The van der Waals surface area contributed by atoms with Crippen molar-refractivity contribution in [3.63, 3.8) is 0 Å². The molecule has 0 atom stereocenters. The van der Waals surface area contributed by atoms with Crippen LogP contribution in [0.4, 0.5) is 9.18 Å². The maximum atomic E-state index is 13.0. The lowest BCUT2D eigenvalue weighted by Gasteiger charge is -2.27. The van der Waals surface area contributed by atoms with E-state index in [4.69, 9.17) is 5.11 Å². The van der Waals surface area contributed by atoms with Crippen molar-refractivity contribution in [1.82, 2.24) is 10.6 Å². The summed E-state index contributed by atoms with van der Waals surface area (Å²) >= 11 is 0. The zero-order valence-electron chi connectivity index (χ0n) is 13.6. The van der Waals surface area contributed by atoms with Crippen molar-refractivity contribution in [3.8, 4) is 0 Å². The number of carbonyl (C=O) groups excluding carboxylic acids is 1. The highest BCUT2D eigenvalue weighted by atomic mass is 19.1. The number of benzene rings is 1. The summed E-state index contributed by atoms with van der Waals surface area (Å²) in [4.78, 5) is 23.0. The number of aliphatic carboxylic acids is 1. The third-order valence-corrected chi connectivity index (χ3v) is 5.31. The molecular formula is C18H23FN2O3. The average molecular weight is 334 g/mol. The topological polar surface area (TPSA) is 78.4 Å². The smallest absolute Gasteiger partial charge is 0.315 e. The third kappa shape index (κ3) is 3.86. The molecule has 1 aromatic rings. The maximum Gasteiger partial charge on any atom is 0.315 e. The Kier molecular flexibility index (Phi) is 4.73. The van der Waals surface area contributed by atoms with Crippen molar-refractivity contribution in [1.29, 1.82) is 0 Å². The molecular weight excluding hydrogens is 311 g/mol. The second kappa shape index (κ2) is 6.79. The van der Waals surface area contributed by atoms with Crippen LogP contribution in [0.15, 0.2) is 24.3 Å². The number of hydrogen-bond acceptors (Lipinski definition) is 2. The SMILES string of the molecule is O=C(NCC1(c2ccc(F)cc2)CC1)NC1CCC(C(=O)O)CC1. The van der Waals surface area contributed by atoms with Crippen molar-refractivity contribution < 1.29 is 19.1 Å². The molecule has 0 unspecified atom stereocenters. The lowest BCUT2D eigenvalue weighted by atomic mass is 9.86. The first kappa shape index (κ1) is 16.7. The van der Waals surface area contributed by atoms with Gasteiger partial charge in [-0.3, -0.25) is 4.79 Å². The Morgan fingerprint density at radius 3 is 2.29 bits per heavy atom. The molecule has 5 nitrogen and oxygen atoms in total. The Morgan fingerprint density at radius 2 is 1.75 bits per heavy atom. The van der Waals surface area contributed by atoms with E-state index >= 15 is 0 Å². The van der Waals surface area contributed by atoms with Crippen molar-refractivity contribution in [2.24, 2.45) is 5.92 Å². The zero-order valence-corrected chi connectivity index (χ0v) is 13.6. The van der Waals surface area contributed by atoms with Crippen LogP contribution in [0.2, 0.25) is 0 Å². The van der Waals surface area contributed by atoms with Crippen LogP contribution in [-0.2, 0) is 10.2 Å². The number of halogens is 1. The van der Waals surface area contributed by atoms with Gasteiger partial charge in [0.25, 0.3) is 0 Å². The molecule has 24 heavy (non-hydrogen) atoms. The van der Waals surface area contributed by atoms with E-state index in [1.807, 2.05) is 0 Å². The number of carboxylic acid groups (broad SMARTS) is 1. The molecule has 3 N–H and O–H groups in total. The molecule has 3 rings (SSSR count). The van der Waals surface area contributed by atoms with Crippen LogP contribution in [0.3, 0.4) is 0 Å². The number of urea groups is 1. The maximum absolute atomic E-state index is 13.0. The predicted molar refractivity (Wildman–Crippen MR) is 87.2 cm³/mol. The minimum atomic E-state index is -0.743. The molecule has 1 aromatic carbocycles. The molecule has 2 aliphatic carbocycles. The van der Waals surface area contributed by atoms with Crippen LogP contribution in [-0.4, -0.2) is 29.7 Å². The van der Waals surface area contributed by atoms with E-state index in [0.717, 1.165) is 18.4 Å². The minimum absolute atomic E-state index is 0.0431. The first-order valence-corrected chi connectivity index (χ1v) is 8.52. The Hall–Kier alpha value is -2.11.